The molecule has 24 heavy (non-hydrogen) atoms. The van der Waals surface area contributed by atoms with E-state index in [0.29, 0.717) is 25.7 Å². The zero-order valence-corrected chi connectivity index (χ0v) is 14.6. The summed E-state index contributed by atoms with van der Waals surface area (Å²) in [5.74, 6) is -0.742. The van der Waals surface area contributed by atoms with E-state index in [9.17, 15) is 14.0 Å². The van der Waals surface area contributed by atoms with Crippen LogP contribution in [-0.2, 0) is 14.3 Å². The molecule has 0 aromatic rings. The SMILES string of the molecule is CCOC(=O)N1CCC2(CC(N3CCC(F)(C(=O)OC)CC3)C2)C1. The maximum atomic E-state index is 14.5. The predicted molar refractivity (Wildman–Crippen MR) is 85.3 cm³/mol. The van der Waals surface area contributed by atoms with Crippen molar-refractivity contribution in [1.29, 1.82) is 0 Å². The number of halogens is 1. The molecule has 0 aromatic heterocycles. The largest absolute Gasteiger partial charge is 0.467 e. The Balaban J connectivity index is 1.47. The second-order valence-corrected chi connectivity index (χ2v) is 7.43. The van der Waals surface area contributed by atoms with Gasteiger partial charge in [-0.05, 0) is 31.6 Å². The number of ether oxygens (including phenoxy) is 2. The first-order valence-corrected chi connectivity index (χ1v) is 8.84. The number of carbonyl (C=O) groups is 2. The van der Waals surface area contributed by atoms with E-state index in [4.69, 9.17) is 4.74 Å². The molecule has 0 unspecified atom stereocenters. The minimum absolute atomic E-state index is 0.206. The van der Waals surface area contributed by atoms with Crippen molar-refractivity contribution in [3.63, 3.8) is 0 Å². The molecule has 1 spiro atoms. The Bertz CT molecular complexity index is 499. The lowest BCUT2D eigenvalue weighted by molar-refractivity contribution is -0.159. The van der Waals surface area contributed by atoms with Crippen LogP contribution in [0.3, 0.4) is 0 Å². The molecular formula is C17H27FN2O4. The molecule has 7 heteroatoms. The van der Waals surface area contributed by atoms with Crippen molar-refractivity contribution in [2.75, 3.05) is 39.9 Å². The van der Waals surface area contributed by atoms with Crippen molar-refractivity contribution < 1.29 is 23.5 Å². The Morgan fingerprint density at radius 3 is 2.42 bits per heavy atom. The summed E-state index contributed by atoms with van der Waals surface area (Å²) >= 11 is 0. The van der Waals surface area contributed by atoms with Crippen LogP contribution in [0.5, 0.6) is 0 Å². The van der Waals surface area contributed by atoms with Crippen molar-refractivity contribution in [3.8, 4) is 0 Å². The third-order valence-corrected chi connectivity index (χ3v) is 5.96. The Hall–Kier alpha value is -1.37. The Morgan fingerprint density at radius 2 is 1.83 bits per heavy atom. The fraction of sp³-hybridized carbons (Fsp3) is 0.882. The molecule has 0 N–H and O–H groups in total. The van der Waals surface area contributed by atoms with Gasteiger partial charge < -0.3 is 19.3 Å². The van der Waals surface area contributed by atoms with Gasteiger partial charge in [0, 0.05) is 45.1 Å². The van der Waals surface area contributed by atoms with Crippen molar-refractivity contribution in [2.24, 2.45) is 5.41 Å². The van der Waals surface area contributed by atoms with Crippen LogP contribution in [0.4, 0.5) is 9.18 Å². The average molecular weight is 342 g/mol. The third kappa shape index (κ3) is 3.10. The highest BCUT2D eigenvalue weighted by molar-refractivity contribution is 5.79. The van der Waals surface area contributed by atoms with Crippen LogP contribution in [-0.4, -0.2) is 73.5 Å². The molecule has 1 saturated carbocycles. The molecule has 3 aliphatic rings. The van der Waals surface area contributed by atoms with Gasteiger partial charge >= 0.3 is 12.1 Å². The number of esters is 1. The van der Waals surface area contributed by atoms with Gasteiger partial charge in [0.25, 0.3) is 0 Å². The molecule has 3 fully saturated rings. The lowest BCUT2D eigenvalue weighted by atomic mass is 9.64. The number of nitrogens with zero attached hydrogens (tertiary/aromatic N) is 2. The summed E-state index contributed by atoms with van der Waals surface area (Å²) in [5, 5.41) is 0. The van der Waals surface area contributed by atoms with Gasteiger partial charge in [0.1, 0.15) is 0 Å². The van der Waals surface area contributed by atoms with Crippen LogP contribution in [0.1, 0.15) is 39.0 Å². The monoisotopic (exact) mass is 342 g/mol. The smallest absolute Gasteiger partial charge is 0.409 e. The Morgan fingerprint density at radius 1 is 1.17 bits per heavy atom. The van der Waals surface area contributed by atoms with Gasteiger partial charge in [-0.2, -0.15) is 0 Å². The molecule has 2 heterocycles. The summed E-state index contributed by atoms with van der Waals surface area (Å²) in [6.07, 6.45) is 3.30. The molecule has 2 saturated heterocycles. The average Bonchev–Trinajstić information content (AvgIpc) is 2.99. The molecule has 2 aliphatic heterocycles. The van der Waals surface area contributed by atoms with E-state index in [1.807, 2.05) is 6.92 Å². The van der Waals surface area contributed by atoms with Crippen molar-refractivity contribution in [2.45, 2.75) is 50.7 Å². The Labute approximate surface area is 142 Å². The molecule has 0 aromatic carbocycles. The van der Waals surface area contributed by atoms with E-state index in [2.05, 4.69) is 9.64 Å². The maximum absolute atomic E-state index is 14.5. The number of rotatable bonds is 3. The zero-order chi connectivity index (χ0) is 17.4. The van der Waals surface area contributed by atoms with E-state index in [-0.39, 0.29) is 24.3 Å². The fourth-order valence-corrected chi connectivity index (χ4v) is 4.47. The topological polar surface area (TPSA) is 59.1 Å². The normalized spacial score (nSPS) is 32.5. The molecule has 0 atom stereocenters. The quantitative estimate of drug-likeness (QED) is 0.734. The van der Waals surface area contributed by atoms with Gasteiger partial charge in [0.15, 0.2) is 0 Å². The van der Waals surface area contributed by atoms with Crippen LogP contribution in [0.25, 0.3) is 0 Å². The fourth-order valence-electron chi connectivity index (χ4n) is 4.47. The number of likely N-dealkylation sites (tertiary alicyclic amines) is 2. The molecule has 3 rings (SSSR count). The molecule has 136 valence electrons. The van der Waals surface area contributed by atoms with Crippen LogP contribution in [0.15, 0.2) is 0 Å². The van der Waals surface area contributed by atoms with Gasteiger partial charge in [-0.25, -0.2) is 14.0 Å². The third-order valence-electron chi connectivity index (χ3n) is 5.96. The molecule has 6 nitrogen and oxygen atoms in total. The van der Waals surface area contributed by atoms with E-state index in [1.54, 1.807) is 4.90 Å². The van der Waals surface area contributed by atoms with Gasteiger partial charge in [-0.3, -0.25) is 0 Å². The van der Waals surface area contributed by atoms with Crippen molar-refractivity contribution >= 4 is 12.1 Å². The number of alkyl halides is 1. The standard InChI is InChI=1S/C17H27FN2O4/c1-3-24-15(22)20-7-4-16(12-20)10-13(11-16)19-8-5-17(18,6-9-19)14(21)23-2/h13H,3-12H2,1-2H3. The summed E-state index contributed by atoms with van der Waals surface area (Å²) < 4.78 is 24.1. The van der Waals surface area contributed by atoms with E-state index < -0.39 is 11.6 Å². The highest BCUT2D eigenvalue weighted by Gasteiger charge is 2.53. The second kappa shape index (κ2) is 6.50. The number of amides is 1. The summed E-state index contributed by atoms with van der Waals surface area (Å²) in [5.41, 5.74) is -1.61. The van der Waals surface area contributed by atoms with Gasteiger partial charge in [-0.15, -0.1) is 0 Å². The first kappa shape index (κ1) is 17.5. The minimum Gasteiger partial charge on any atom is -0.467 e. The van der Waals surface area contributed by atoms with Crippen molar-refractivity contribution in [3.05, 3.63) is 0 Å². The summed E-state index contributed by atoms with van der Waals surface area (Å²) in [4.78, 5) is 27.5. The number of piperidine rings is 1. The summed E-state index contributed by atoms with van der Waals surface area (Å²) in [6, 6.07) is 0.439. The number of hydrogen-bond donors (Lipinski definition) is 0. The highest BCUT2D eigenvalue weighted by Crippen LogP contribution is 2.51. The van der Waals surface area contributed by atoms with Crippen LogP contribution < -0.4 is 0 Å². The number of hydrogen-bond acceptors (Lipinski definition) is 5. The van der Waals surface area contributed by atoms with Crippen LogP contribution >= 0.6 is 0 Å². The highest BCUT2D eigenvalue weighted by atomic mass is 19.1. The van der Waals surface area contributed by atoms with Gasteiger partial charge in [0.05, 0.1) is 13.7 Å². The first-order valence-electron chi connectivity index (χ1n) is 8.84. The molecule has 1 aliphatic carbocycles. The van der Waals surface area contributed by atoms with Crippen LogP contribution in [0.2, 0.25) is 0 Å². The van der Waals surface area contributed by atoms with E-state index >= 15 is 0 Å². The summed E-state index contributed by atoms with van der Waals surface area (Å²) in [6.45, 7) is 4.94. The first-order chi connectivity index (χ1) is 11.4. The maximum Gasteiger partial charge on any atom is 0.409 e. The Kier molecular flexibility index (Phi) is 4.73. The van der Waals surface area contributed by atoms with Crippen molar-refractivity contribution in [1.82, 2.24) is 9.80 Å². The second-order valence-electron chi connectivity index (χ2n) is 7.43. The zero-order valence-electron chi connectivity index (χ0n) is 14.6. The van der Waals surface area contributed by atoms with Gasteiger partial charge in [0.2, 0.25) is 5.67 Å². The van der Waals surface area contributed by atoms with Crippen LogP contribution in [0, 0.1) is 5.41 Å². The number of methoxy groups -OCH3 is 1. The lowest BCUT2D eigenvalue weighted by Gasteiger charge is -2.51. The summed E-state index contributed by atoms with van der Waals surface area (Å²) in [7, 11) is 1.24. The lowest BCUT2D eigenvalue weighted by Crippen LogP contribution is -2.57. The predicted octanol–water partition coefficient (Wildman–Crippen LogP) is 1.97. The van der Waals surface area contributed by atoms with E-state index in [0.717, 1.165) is 32.4 Å². The molecular weight excluding hydrogens is 315 g/mol. The van der Waals surface area contributed by atoms with E-state index in [1.165, 1.54) is 7.11 Å². The molecule has 0 radical (unpaired) electrons. The molecule has 0 bridgehead atoms. The van der Waals surface area contributed by atoms with Gasteiger partial charge in [-0.1, -0.05) is 0 Å². The molecule has 1 amide bonds. The minimum atomic E-state index is -1.82. The number of carbonyl (C=O) groups excluding carboxylic acids is 2.